The number of nitrogens with one attached hydrogen (secondary N) is 1. The fourth-order valence-electron chi connectivity index (χ4n) is 3.92. The topological polar surface area (TPSA) is 86.8 Å². The lowest BCUT2D eigenvalue weighted by atomic mass is 10.1. The monoisotopic (exact) mass is 515 g/mol. The molecular weight excluding hydrogens is 474 g/mol. The summed E-state index contributed by atoms with van der Waals surface area (Å²) in [5.74, 6) is -0.375. The molecule has 36 heavy (non-hydrogen) atoms. The third-order valence-electron chi connectivity index (χ3n) is 6.56. The van der Waals surface area contributed by atoms with Gasteiger partial charge in [-0.05, 0) is 68.9 Å². The van der Waals surface area contributed by atoms with E-state index < -0.39 is 16.1 Å². The van der Waals surface area contributed by atoms with Crippen LogP contribution in [0.25, 0.3) is 0 Å². The largest absolute Gasteiger partial charge is 0.352 e. The number of hydrogen-bond acceptors (Lipinski definition) is 4. The van der Waals surface area contributed by atoms with Crippen LogP contribution in [0.1, 0.15) is 63.6 Å². The van der Waals surface area contributed by atoms with Crippen molar-refractivity contribution >= 4 is 27.5 Å². The first-order valence-electron chi connectivity index (χ1n) is 12.7. The average Bonchev–Trinajstić information content (AvgIpc) is 2.84. The summed E-state index contributed by atoms with van der Waals surface area (Å²) in [6.07, 6.45) is 3.31. The molecule has 8 heteroatoms. The number of benzene rings is 2. The molecule has 0 saturated heterocycles. The first kappa shape index (κ1) is 29.4. The first-order valence-corrected chi connectivity index (χ1v) is 14.5. The van der Waals surface area contributed by atoms with E-state index in [1.165, 1.54) is 10.6 Å². The van der Waals surface area contributed by atoms with Crippen LogP contribution in [0.2, 0.25) is 0 Å². The molecule has 7 nitrogen and oxygen atoms in total. The smallest absolute Gasteiger partial charge is 0.242 e. The minimum atomic E-state index is -3.51. The summed E-state index contributed by atoms with van der Waals surface area (Å²) in [5.41, 5.74) is 3.73. The van der Waals surface area contributed by atoms with Crippen molar-refractivity contribution in [3.63, 3.8) is 0 Å². The second-order valence-corrected chi connectivity index (χ2v) is 11.3. The number of carbonyl (C=O) groups is 2. The van der Waals surface area contributed by atoms with Gasteiger partial charge in [-0.2, -0.15) is 0 Å². The van der Waals surface area contributed by atoms with Gasteiger partial charge >= 0.3 is 0 Å². The summed E-state index contributed by atoms with van der Waals surface area (Å²) in [6, 6.07) is 14.6. The summed E-state index contributed by atoms with van der Waals surface area (Å²) < 4.78 is 26.3. The SMILES string of the molecule is CCc1ccc(N(CCCC(=O)N(Cc2ccccc2C)[C@@H](C)C(=O)N[C@@H](C)CC)S(C)(=O)=O)cc1. The normalized spacial score (nSPS) is 13.1. The number of amides is 2. The van der Waals surface area contributed by atoms with Crippen molar-refractivity contribution < 1.29 is 18.0 Å². The third-order valence-corrected chi connectivity index (χ3v) is 7.75. The van der Waals surface area contributed by atoms with Crippen LogP contribution in [0.15, 0.2) is 48.5 Å². The second-order valence-electron chi connectivity index (χ2n) is 9.40. The van der Waals surface area contributed by atoms with Crippen LogP contribution in [0.4, 0.5) is 5.69 Å². The zero-order valence-electron chi connectivity index (χ0n) is 22.5. The molecule has 0 heterocycles. The van der Waals surface area contributed by atoms with Gasteiger partial charge in [-0.1, -0.05) is 50.2 Å². The van der Waals surface area contributed by atoms with Gasteiger partial charge in [0, 0.05) is 25.6 Å². The summed E-state index contributed by atoms with van der Waals surface area (Å²) in [7, 11) is -3.51. The van der Waals surface area contributed by atoms with Gasteiger partial charge in [0.15, 0.2) is 0 Å². The quantitative estimate of drug-likeness (QED) is 0.427. The number of carbonyl (C=O) groups excluding carboxylic acids is 2. The molecule has 2 aromatic carbocycles. The van der Waals surface area contributed by atoms with E-state index in [4.69, 9.17) is 0 Å². The van der Waals surface area contributed by atoms with Gasteiger partial charge in [-0.3, -0.25) is 13.9 Å². The van der Waals surface area contributed by atoms with Crippen molar-refractivity contribution in [1.29, 1.82) is 0 Å². The van der Waals surface area contributed by atoms with Crippen LogP contribution >= 0.6 is 0 Å². The number of aryl methyl sites for hydroxylation is 2. The maximum Gasteiger partial charge on any atom is 0.242 e. The van der Waals surface area contributed by atoms with Crippen molar-refractivity contribution in [3.05, 3.63) is 65.2 Å². The molecule has 0 unspecified atom stereocenters. The lowest BCUT2D eigenvalue weighted by Crippen LogP contribution is -2.49. The van der Waals surface area contributed by atoms with Crippen LogP contribution < -0.4 is 9.62 Å². The van der Waals surface area contributed by atoms with E-state index in [1.54, 1.807) is 24.0 Å². The Morgan fingerprint density at radius 1 is 1.00 bits per heavy atom. The van der Waals surface area contributed by atoms with E-state index >= 15 is 0 Å². The van der Waals surface area contributed by atoms with E-state index in [9.17, 15) is 18.0 Å². The van der Waals surface area contributed by atoms with Gasteiger partial charge in [0.25, 0.3) is 0 Å². The molecule has 2 amide bonds. The summed E-state index contributed by atoms with van der Waals surface area (Å²) in [6.45, 7) is 10.2. The van der Waals surface area contributed by atoms with E-state index in [0.717, 1.165) is 29.5 Å². The maximum atomic E-state index is 13.4. The van der Waals surface area contributed by atoms with Crippen molar-refractivity contribution in [1.82, 2.24) is 10.2 Å². The van der Waals surface area contributed by atoms with Gasteiger partial charge in [-0.25, -0.2) is 8.42 Å². The summed E-state index contributed by atoms with van der Waals surface area (Å²) in [5, 5.41) is 2.97. The lowest BCUT2D eigenvalue weighted by Gasteiger charge is -2.30. The first-order chi connectivity index (χ1) is 17.0. The fraction of sp³-hybridized carbons (Fsp3) is 0.500. The Morgan fingerprint density at radius 3 is 2.19 bits per heavy atom. The van der Waals surface area contributed by atoms with Gasteiger partial charge < -0.3 is 10.2 Å². The van der Waals surface area contributed by atoms with Crippen molar-refractivity contribution in [3.8, 4) is 0 Å². The molecule has 0 spiro atoms. The molecule has 0 aliphatic carbocycles. The Kier molecular flexibility index (Phi) is 11.0. The van der Waals surface area contributed by atoms with Crippen molar-refractivity contribution in [2.75, 3.05) is 17.1 Å². The van der Waals surface area contributed by atoms with Crippen LogP contribution in [0.5, 0.6) is 0 Å². The highest BCUT2D eigenvalue weighted by Crippen LogP contribution is 2.20. The Balaban J connectivity index is 2.18. The van der Waals surface area contributed by atoms with Gasteiger partial charge in [0.2, 0.25) is 21.8 Å². The number of hydrogen-bond donors (Lipinski definition) is 1. The van der Waals surface area contributed by atoms with Crippen molar-refractivity contribution in [2.45, 2.75) is 78.9 Å². The lowest BCUT2D eigenvalue weighted by molar-refractivity contribution is -0.140. The van der Waals surface area contributed by atoms with Crippen LogP contribution in [-0.2, 0) is 32.6 Å². The third kappa shape index (κ3) is 8.36. The van der Waals surface area contributed by atoms with E-state index in [-0.39, 0.29) is 30.8 Å². The fourth-order valence-corrected chi connectivity index (χ4v) is 4.89. The highest BCUT2D eigenvalue weighted by Gasteiger charge is 2.27. The molecule has 198 valence electrons. The predicted octanol–water partition coefficient (Wildman–Crippen LogP) is 4.44. The molecule has 0 radical (unpaired) electrons. The minimum absolute atomic E-state index is 0.0118. The molecule has 2 atom stereocenters. The predicted molar refractivity (Wildman–Crippen MR) is 146 cm³/mol. The molecule has 0 saturated carbocycles. The van der Waals surface area contributed by atoms with Gasteiger partial charge in [0.05, 0.1) is 11.9 Å². The zero-order chi connectivity index (χ0) is 26.9. The Hall–Kier alpha value is -2.87. The second kappa shape index (κ2) is 13.4. The van der Waals surface area contributed by atoms with Crippen molar-refractivity contribution in [2.24, 2.45) is 0 Å². The maximum absolute atomic E-state index is 13.4. The number of nitrogens with zero attached hydrogens (tertiary/aromatic N) is 2. The molecule has 0 aromatic heterocycles. The van der Waals surface area contributed by atoms with Gasteiger partial charge in [0.1, 0.15) is 6.04 Å². The van der Waals surface area contributed by atoms with Crippen LogP contribution in [0, 0.1) is 6.92 Å². The van der Waals surface area contributed by atoms with E-state index in [2.05, 4.69) is 5.32 Å². The number of sulfonamides is 1. The number of rotatable bonds is 13. The van der Waals surface area contributed by atoms with E-state index in [1.807, 2.05) is 64.1 Å². The molecule has 0 aliphatic heterocycles. The standard InChI is InChI=1S/C28H41N3O4S/c1-7-22(4)29-28(33)23(5)30(20-25-13-10-9-12-21(25)3)27(32)14-11-19-31(36(6,34)35)26-17-15-24(8-2)16-18-26/h9-10,12-13,15-18,22-23H,7-8,11,14,19-20H2,1-6H3,(H,29,33)/t22-,23-/m0/s1. The Morgan fingerprint density at radius 2 is 1.64 bits per heavy atom. The minimum Gasteiger partial charge on any atom is -0.352 e. The molecule has 0 bridgehead atoms. The number of anilines is 1. The van der Waals surface area contributed by atoms with E-state index in [0.29, 0.717) is 18.7 Å². The Labute approximate surface area is 216 Å². The average molecular weight is 516 g/mol. The highest BCUT2D eigenvalue weighted by molar-refractivity contribution is 7.92. The molecule has 0 aliphatic rings. The molecule has 0 fully saturated rings. The summed E-state index contributed by atoms with van der Waals surface area (Å²) in [4.78, 5) is 27.9. The molecule has 2 aromatic rings. The van der Waals surface area contributed by atoms with Gasteiger partial charge in [-0.15, -0.1) is 0 Å². The molecule has 1 N–H and O–H groups in total. The zero-order valence-corrected chi connectivity index (χ0v) is 23.3. The Bertz CT molecular complexity index is 1120. The summed E-state index contributed by atoms with van der Waals surface area (Å²) >= 11 is 0. The molecular formula is C28H41N3O4S. The molecule has 2 rings (SSSR count). The van der Waals surface area contributed by atoms with Crippen LogP contribution in [-0.4, -0.2) is 50.0 Å². The van der Waals surface area contributed by atoms with Crippen LogP contribution in [0.3, 0.4) is 0 Å². The highest BCUT2D eigenvalue weighted by atomic mass is 32.2.